The maximum absolute atomic E-state index is 13.0. The van der Waals surface area contributed by atoms with E-state index in [2.05, 4.69) is 23.1 Å². The molecule has 2 aliphatic rings. The van der Waals surface area contributed by atoms with Gasteiger partial charge in [-0.05, 0) is 55.0 Å². The van der Waals surface area contributed by atoms with Gasteiger partial charge < -0.3 is 19.4 Å². The van der Waals surface area contributed by atoms with Crippen molar-refractivity contribution in [3.63, 3.8) is 0 Å². The van der Waals surface area contributed by atoms with Crippen LogP contribution in [0.3, 0.4) is 0 Å². The molecule has 0 saturated carbocycles. The number of piperazine rings is 1. The molecule has 2 aliphatic heterocycles. The van der Waals surface area contributed by atoms with Crippen LogP contribution < -0.4 is 9.64 Å². The van der Waals surface area contributed by atoms with Crippen molar-refractivity contribution in [2.75, 3.05) is 51.3 Å². The summed E-state index contributed by atoms with van der Waals surface area (Å²) in [5.41, 5.74) is 3.16. The zero-order valence-electron chi connectivity index (χ0n) is 19.1. The molecular weight excluding hydrogens is 402 g/mol. The lowest BCUT2D eigenvalue weighted by Crippen LogP contribution is -2.48. The van der Waals surface area contributed by atoms with Gasteiger partial charge in [-0.15, -0.1) is 0 Å². The lowest BCUT2D eigenvalue weighted by molar-refractivity contribution is -0.130. The van der Waals surface area contributed by atoms with Gasteiger partial charge in [0.2, 0.25) is 5.91 Å². The Morgan fingerprint density at radius 2 is 1.59 bits per heavy atom. The van der Waals surface area contributed by atoms with Gasteiger partial charge in [0.15, 0.2) is 0 Å². The van der Waals surface area contributed by atoms with E-state index in [1.165, 1.54) is 5.56 Å². The molecule has 32 heavy (non-hydrogen) atoms. The molecule has 0 bridgehead atoms. The molecule has 0 radical (unpaired) electrons. The summed E-state index contributed by atoms with van der Waals surface area (Å²) in [4.78, 5) is 30.7. The van der Waals surface area contributed by atoms with Gasteiger partial charge >= 0.3 is 0 Å². The third-order valence-corrected chi connectivity index (χ3v) is 6.77. The summed E-state index contributed by atoms with van der Waals surface area (Å²) in [7, 11) is 1.68. The highest BCUT2D eigenvalue weighted by Crippen LogP contribution is 2.24. The highest BCUT2D eigenvalue weighted by Gasteiger charge is 2.23. The Labute approximate surface area is 190 Å². The average molecular weight is 436 g/mol. The first-order chi connectivity index (χ1) is 15.5. The number of amides is 2. The normalized spacial score (nSPS) is 17.4. The molecule has 4 rings (SSSR count). The quantitative estimate of drug-likeness (QED) is 0.722. The number of hydrogen-bond acceptors (Lipinski definition) is 4. The molecule has 6 heteroatoms. The number of carbonyl (C=O) groups is 2. The molecule has 0 spiro atoms. The Balaban J connectivity index is 1.28. The molecule has 0 N–H and O–H groups in total. The van der Waals surface area contributed by atoms with Crippen molar-refractivity contribution in [1.29, 1.82) is 0 Å². The van der Waals surface area contributed by atoms with Gasteiger partial charge in [-0.2, -0.15) is 0 Å². The highest BCUT2D eigenvalue weighted by atomic mass is 16.5. The van der Waals surface area contributed by atoms with E-state index in [0.717, 1.165) is 62.4 Å². The largest absolute Gasteiger partial charge is 0.497 e. The van der Waals surface area contributed by atoms with Gasteiger partial charge in [-0.1, -0.05) is 18.2 Å². The van der Waals surface area contributed by atoms with Crippen molar-refractivity contribution in [3.8, 4) is 5.75 Å². The molecule has 2 fully saturated rings. The number of rotatable bonds is 5. The first kappa shape index (κ1) is 22.2. The van der Waals surface area contributed by atoms with Gasteiger partial charge in [0, 0.05) is 63.5 Å². The molecule has 0 aliphatic carbocycles. The smallest absolute Gasteiger partial charge is 0.253 e. The highest BCUT2D eigenvalue weighted by molar-refractivity contribution is 5.94. The van der Waals surface area contributed by atoms with E-state index in [1.807, 2.05) is 40.1 Å². The fourth-order valence-electron chi connectivity index (χ4n) is 4.73. The van der Waals surface area contributed by atoms with Gasteiger partial charge in [0.1, 0.15) is 5.75 Å². The number of likely N-dealkylation sites (tertiary alicyclic amines) is 1. The number of methoxy groups -OCH3 is 1. The number of benzene rings is 2. The van der Waals surface area contributed by atoms with Crippen LogP contribution in [-0.4, -0.2) is 68.0 Å². The molecule has 2 saturated heterocycles. The van der Waals surface area contributed by atoms with Crippen molar-refractivity contribution in [2.45, 2.75) is 26.2 Å². The Kier molecular flexibility index (Phi) is 6.98. The van der Waals surface area contributed by atoms with Crippen LogP contribution in [0.15, 0.2) is 48.5 Å². The maximum Gasteiger partial charge on any atom is 0.253 e. The minimum Gasteiger partial charge on any atom is -0.497 e. The van der Waals surface area contributed by atoms with Crippen LogP contribution in [0.4, 0.5) is 5.69 Å². The predicted octanol–water partition coefficient (Wildman–Crippen LogP) is 3.46. The Morgan fingerprint density at radius 3 is 2.22 bits per heavy atom. The lowest BCUT2D eigenvalue weighted by Gasteiger charge is -2.36. The monoisotopic (exact) mass is 435 g/mol. The van der Waals surface area contributed by atoms with Crippen LogP contribution in [0.25, 0.3) is 0 Å². The van der Waals surface area contributed by atoms with Crippen molar-refractivity contribution in [1.82, 2.24) is 9.80 Å². The van der Waals surface area contributed by atoms with E-state index in [1.54, 1.807) is 14.0 Å². The van der Waals surface area contributed by atoms with Crippen molar-refractivity contribution in [3.05, 3.63) is 59.7 Å². The standard InChI is InChI=1S/C26H33N3O3/c1-20(30)27-12-10-22(11-13-27)18-21-6-8-23(9-7-21)26(31)29-16-14-28(15-17-29)24-4-3-5-25(19-24)32-2/h3-9,19,22H,10-18H2,1-2H3. The Morgan fingerprint density at radius 1 is 0.906 bits per heavy atom. The summed E-state index contributed by atoms with van der Waals surface area (Å²) >= 11 is 0. The Hall–Kier alpha value is -3.02. The third-order valence-electron chi connectivity index (χ3n) is 6.77. The summed E-state index contributed by atoms with van der Waals surface area (Å²) in [6.45, 7) is 6.43. The second-order valence-electron chi connectivity index (χ2n) is 8.83. The topological polar surface area (TPSA) is 53.1 Å². The predicted molar refractivity (Wildman–Crippen MR) is 126 cm³/mol. The summed E-state index contributed by atoms with van der Waals surface area (Å²) in [6.07, 6.45) is 3.12. The van der Waals surface area contributed by atoms with E-state index in [-0.39, 0.29) is 11.8 Å². The molecule has 2 heterocycles. The molecule has 170 valence electrons. The first-order valence-corrected chi connectivity index (χ1v) is 11.6. The minimum atomic E-state index is 0.108. The van der Waals surface area contributed by atoms with Gasteiger partial charge in [-0.25, -0.2) is 0 Å². The third kappa shape index (κ3) is 5.23. The first-order valence-electron chi connectivity index (χ1n) is 11.6. The molecule has 2 aromatic rings. The zero-order valence-corrected chi connectivity index (χ0v) is 19.1. The molecule has 2 amide bonds. The van der Waals surface area contributed by atoms with Crippen molar-refractivity contribution in [2.24, 2.45) is 5.92 Å². The average Bonchev–Trinajstić information content (AvgIpc) is 2.84. The fraction of sp³-hybridized carbons (Fsp3) is 0.462. The van der Waals surface area contributed by atoms with Crippen molar-refractivity contribution >= 4 is 17.5 Å². The molecule has 0 unspecified atom stereocenters. The minimum absolute atomic E-state index is 0.108. The second kappa shape index (κ2) is 10.1. The van der Waals surface area contributed by atoms with Crippen LogP contribution in [0.1, 0.15) is 35.7 Å². The van der Waals surface area contributed by atoms with Crippen LogP contribution >= 0.6 is 0 Å². The second-order valence-corrected chi connectivity index (χ2v) is 8.83. The van der Waals surface area contributed by atoms with Gasteiger partial charge in [0.25, 0.3) is 5.91 Å². The summed E-state index contributed by atoms with van der Waals surface area (Å²) < 4.78 is 5.33. The molecule has 0 aromatic heterocycles. The fourth-order valence-corrected chi connectivity index (χ4v) is 4.73. The van der Waals surface area contributed by atoms with E-state index >= 15 is 0 Å². The number of hydrogen-bond donors (Lipinski definition) is 0. The number of piperidine rings is 1. The zero-order chi connectivity index (χ0) is 22.5. The lowest BCUT2D eigenvalue weighted by atomic mass is 9.90. The number of anilines is 1. The molecule has 2 aromatic carbocycles. The summed E-state index contributed by atoms with van der Waals surface area (Å²) in [6, 6.07) is 16.2. The van der Waals surface area contributed by atoms with E-state index in [4.69, 9.17) is 4.74 Å². The molecule has 0 atom stereocenters. The number of nitrogens with zero attached hydrogens (tertiary/aromatic N) is 3. The number of ether oxygens (including phenoxy) is 1. The van der Waals surface area contributed by atoms with Crippen LogP contribution in [0.2, 0.25) is 0 Å². The maximum atomic E-state index is 13.0. The van der Waals surface area contributed by atoms with Crippen LogP contribution in [0.5, 0.6) is 5.75 Å². The van der Waals surface area contributed by atoms with Gasteiger partial charge in [-0.3, -0.25) is 9.59 Å². The SMILES string of the molecule is COc1cccc(N2CCN(C(=O)c3ccc(CC4CCN(C(C)=O)CC4)cc3)CC2)c1. The van der Waals surface area contributed by atoms with E-state index < -0.39 is 0 Å². The Bertz CT molecular complexity index is 928. The summed E-state index contributed by atoms with van der Waals surface area (Å²) in [5, 5.41) is 0. The van der Waals surface area contributed by atoms with Crippen LogP contribution in [-0.2, 0) is 11.2 Å². The molecule has 6 nitrogen and oxygen atoms in total. The van der Waals surface area contributed by atoms with Crippen LogP contribution in [0, 0.1) is 5.92 Å². The van der Waals surface area contributed by atoms with Gasteiger partial charge in [0.05, 0.1) is 7.11 Å². The van der Waals surface area contributed by atoms with E-state index in [0.29, 0.717) is 19.0 Å². The molecular formula is C26H33N3O3. The van der Waals surface area contributed by atoms with Crippen molar-refractivity contribution < 1.29 is 14.3 Å². The summed E-state index contributed by atoms with van der Waals surface area (Å²) in [5.74, 6) is 1.74. The van der Waals surface area contributed by atoms with E-state index in [9.17, 15) is 9.59 Å². The number of carbonyl (C=O) groups excluding carboxylic acids is 2.